The van der Waals surface area contributed by atoms with Crippen molar-refractivity contribution in [2.75, 3.05) is 26.2 Å². The summed E-state index contributed by atoms with van der Waals surface area (Å²) in [4.78, 5) is 27.0. The summed E-state index contributed by atoms with van der Waals surface area (Å²) >= 11 is 0. The Morgan fingerprint density at radius 3 is 2.57 bits per heavy atom. The molecule has 1 atom stereocenters. The van der Waals surface area contributed by atoms with Crippen LogP contribution in [-0.4, -0.2) is 62.9 Å². The Morgan fingerprint density at radius 2 is 1.80 bits per heavy atom. The fourth-order valence-corrected chi connectivity index (χ4v) is 3.41. The maximum Gasteiger partial charge on any atom is 0.368 e. The van der Waals surface area contributed by atoms with E-state index in [0.717, 1.165) is 24.3 Å². The number of hydrogen-bond acceptors (Lipinski definition) is 6. The standard InChI is InChI=1S/C21H24N6O3/c28-20(16-26-21(29)27(24-23-26)18-9-5-2-6-10-18)22-13-19-15-25(11-12-30-19)14-17-7-3-1-4-8-17/h1-10,19H,11-16H2,(H,22,28). The van der Waals surface area contributed by atoms with Gasteiger partial charge < -0.3 is 10.1 Å². The molecule has 0 radical (unpaired) electrons. The summed E-state index contributed by atoms with van der Waals surface area (Å²) in [5, 5.41) is 10.5. The molecule has 1 unspecified atom stereocenters. The number of aromatic nitrogens is 4. The molecule has 156 valence electrons. The van der Waals surface area contributed by atoms with Crippen LogP contribution in [0.5, 0.6) is 0 Å². The highest BCUT2D eigenvalue weighted by Gasteiger charge is 2.21. The van der Waals surface area contributed by atoms with Gasteiger partial charge in [0.25, 0.3) is 0 Å². The topological polar surface area (TPSA) is 94.3 Å². The maximum atomic E-state index is 12.4. The van der Waals surface area contributed by atoms with Crippen molar-refractivity contribution in [2.45, 2.75) is 19.2 Å². The number of amides is 1. The molecule has 0 aliphatic carbocycles. The largest absolute Gasteiger partial charge is 0.374 e. The first-order valence-electron chi connectivity index (χ1n) is 9.92. The smallest absolute Gasteiger partial charge is 0.368 e. The summed E-state index contributed by atoms with van der Waals surface area (Å²) in [6.45, 7) is 3.26. The van der Waals surface area contributed by atoms with Crippen LogP contribution in [0.4, 0.5) is 0 Å². The van der Waals surface area contributed by atoms with Crippen molar-refractivity contribution < 1.29 is 9.53 Å². The van der Waals surface area contributed by atoms with Gasteiger partial charge in [-0.2, -0.15) is 9.36 Å². The molecule has 1 fully saturated rings. The monoisotopic (exact) mass is 408 g/mol. The van der Waals surface area contributed by atoms with Crippen molar-refractivity contribution in [1.29, 1.82) is 0 Å². The number of para-hydroxylation sites is 1. The summed E-state index contributed by atoms with van der Waals surface area (Å²) in [6.07, 6.45) is -0.0943. The number of benzene rings is 2. The Morgan fingerprint density at radius 1 is 1.07 bits per heavy atom. The first-order chi connectivity index (χ1) is 14.7. The second-order valence-electron chi connectivity index (χ2n) is 7.18. The van der Waals surface area contributed by atoms with Crippen molar-refractivity contribution in [3.05, 3.63) is 76.7 Å². The van der Waals surface area contributed by atoms with Gasteiger partial charge in [0.15, 0.2) is 0 Å². The molecule has 1 aliphatic rings. The molecular weight excluding hydrogens is 384 g/mol. The average Bonchev–Trinajstić information content (AvgIpc) is 3.14. The Bertz CT molecular complexity index is 1020. The maximum absolute atomic E-state index is 12.4. The van der Waals surface area contributed by atoms with Crippen LogP contribution in [0.2, 0.25) is 0 Å². The third kappa shape index (κ3) is 5.00. The van der Waals surface area contributed by atoms with Gasteiger partial charge in [0.1, 0.15) is 6.54 Å². The van der Waals surface area contributed by atoms with E-state index in [9.17, 15) is 9.59 Å². The fourth-order valence-electron chi connectivity index (χ4n) is 3.41. The van der Waals surface area contributed by atoms with Crippen LogP contribution in [0.25, 0.3) is 5.69 Å². The van der Waals surface area contributed by atoms with Crippen molar-refractivity contribution >= 4 is 5.91 Å². The summed E-state index contributed by atoms with van der Waals surface area (Å²) in [6, 6.07) is 19.2. The van der Waals surface area contributed by atoms with Crippen molar-refractivity contribution in [3.8, 4) is 5.69 Å². The number of carbonyl (C=O) groups is 1. The lowest BCUT2D eigenvalue weighted by Gasteiger charge is -2.33. The predicted octanol–water partition coefficient (Wildman–Crippen LogP) is 0.446. The lowest BCUT2D eigenvalue weighted by molar-refractivity contribution is -0.123. The van der Waals surface area contributed by atoms with Gasteiger partial charge in [-0.15, -0.1) is 0 Å². The van der Waals surface area contributed by atoms with Gasteiger partial charge in [0.05, 0.1) is 18.4 Å². The van der Waals surface area contributed by atoms with Crippen molar-refractivity contribution in [1.82, 2.24) is 30.0 Å². The van der Waals surface area contributed by atoms with E-state index < -0.39 is 5.69 Å². The van der Waals surface area contributed by atoms with Gasteiger partial charge in [0, 0.05) is 26.2 Å². The molecule has 30 heavy (non-hydrogen) atoms. The van der Waals surface area contributed by atoms with Gasteiger partial charge in [-0.3, -0.25) is 9.69 Å². The molecule has 1 aromatic heterocycles. The minimum absolute atomic E-state index is 0.0943. The summed E-state index contributed by atoms with van der Waals surface area (Å²) in [5.74, 6) is -0.305. The van der Waals surface area contributed by atoms with E-state index >= 15 is 0 Å². The molecule has 3 aromatic rings. The minimum atomic E-state index is -0.459. The molecule has 0 saturated carbocycles. The Kier molecular flexibility index (Phi) is 6.31. The lowest BCUT2D eigenvalue weighted by atomic mass is 10.2. The number of carbonyl (C=O) groups excluding carboxylic acids is 1. The highest BCUT2D eigenvalue weighted by atomic mass is 16.5. The van der Waals surface area contributed by atoms with E-state index in [1.54, 1.807) is 24.3 Å². The van der Waals surface area contributed by atoms with Crippen LogP contribution in [-0.2, 0) is 22.6 Å². The molecule has 4 rings (SSSR count). The van der Waals surface area contributed by atoms with Crippen molar-refractivity contribution in [2.24, 2.45) is 0 Å². The molecule has 1 aliphatic heterocycles. The summed E-state index contributed by atoms with van der Waals surface area (Å²) < 4.78 is 7.99. The number of rotatable bonds is 7. The molecule has 2 aromatic carbocycles. The van der Waals surface area contributed by atoms with Gasteiger partial charge in [0.2, 0.25) is 5.91 Å². The number of tetrazole rings is 1. The first kappa shape index (κ1) is 20.0. The van der Waals surface area contributed by atoms with Crippen LogP contribution in [0, 0.1) is 0 Å². The zero-order chi connectivity index (χ0) is 20.8. The zero-order valence-electron chi connectivity index (χ0n) is 16.6. The number of morpholine rings is 1. The molecule has 0 spiro atoms. The zero-order valence-corrected chi connectivity index (χ0v) is 16.6. The van der Waals surface area contributed by atoms with Crippen LogP contribution in [0.3, 0.4) is 0 Å². The number of nitrogens with zero attached hydrogens (tertiary/aromatic N) is 5. The van der Waals surface area contributed by atoms with E-state index in [4.69, 9.17) is 4.74 Å². The van der Waals surface area contributed by atoms with Crippen LogP contribution in [0.15, 0.2) is 65.5 Å². The third-order valence-corrected chi connectivity index (χ3v) is 4.93. The van der Waals surface area contributed by atoms with E-state index in [1.165, 1.54) is 10.2 Å². The third-order valence-electron chi connectivity index (χ3n) is 4.93. The van der Waals surface area contributed by atoms with Gasteiger partial charge in [-0.1, -0.05) is 48.5 Å². The quantitative estimate of drug-likeness (QED) is 0.610. The molecule has 1 saturated heterocycles. The van der Waals surface area contributed by atoms with E-state index in [1.807, 2.05) is 24.3 Å². The second kappa shape index (κ2) is 9.47. The van der Waals surface area contributed by atoms with Crippen LogP contribution in [0.1, 0.15) is 5.56 Å². The predicted molar refractivity (Wildman–Crippen MR) is 110 cm³/mol. The number of hydrogen-bond donors (Lipinski definition) is 1. The summed E-state index contributed by atoms with van der Waals surface area (Å²) in [7, 11) is 0. The molecule has 9 nitrogen and oxygen atoms in total. The van der Waals surface area contributed by atoms with E-state index in [2.05, 4.69) is 32.8 Å². The molecule has 9 heteroatoms. The minimum Gasteiger partial charge on any atom is -0.374 e. The highest BCUT2D eigenvalue weighted by Crippen LogP contribution is 2.10. The summed E-state index contributed by atoms with van der Waals surface area (Å²) in [5.41, 5.74) is 1.39. The molecule has 0 bridgehead atoms. The number of nitrogens with one attached hydrogen (secondary N) is 1. The van der Waals surface area contributed by atoms with E-state index in [-0.39, 0.29) is 18.6 Å². The SMILES string of the molecule is O=C(Cn1nnn(-c2ccccc2)c1=O)NCC1CN(Cc2ccccc2)CCO1. The second-order valence-corrected chi connectivity index (χ2v) is 7.18. The number of ether oxygens (including phenoxy) is 1. The Balaban J connectivity index is 1.28. The van der Waals surface area contributed by atoms with Gasteiger partial charge >= 0.3 is 5.69 Å². The van der Waals surface area contributed by atoms with Crippen molar-refractivity contribution in [3.63, 3.8) is 0 Å². The first-order valence-corrected chi connectivity index (χ1v) is 9.92. The Hall–Kier alpha value is -3.30. The van der Waals surface area contributed by atoms with Crippen LogP contribution >= 0.6 is 0 Å². The average molecular weight is 408 g/mol. The van der Waals surface area contributed by atoms with E-state index in [0.29, 0.717) is 18.8 Å². The normalized spacial score (nSPS) is 17.0. The molecular formula is C21H24N6O3. The lowest BCUT2D eigenvalue weighted by Crippen LogP contribution is -2.47. The van der Waals surface area contributed by atoms with Crippen LogP contribution < -0.4 is 11.0 Å². The molecule has 1 amide bonds. The highest BCUT2D eigenvalue weighted by molar-refractivity contribution is 5.75. The van der Waals surface area contributed by atoms with Gasteiger partial charge in [-0.05, 0) is 28.1 Å². The Labute approximate surface area is 173 Å². The molecule has 2 heterocycles. The molecule has 1 N–H and O–H groups in total. The van der Waals surface area contributed by atoms with Gasteiger partial charge in [-0.25, -0.2) is 4.79 Å². The fraction of sp³-hybridized carbons (Fsp3) is 0.333.